The van der Waals surface area contributed by atoms with Gasteiger partial charge >= 0.3 is 45.4 Å². The Labute approximate surface area is 206 Å². The highest BCUT2D eigenvalue weighted by atomic mass is 32.2. The van der Waals surface area contributed by atoms with Gasteiger partial charge in [0.15, 0.2) is 0 Å². The molecule has 0 amide bonds. The van der Waals surface area contributed by atoms with Crippen molar-refractivity contribution in [2.75, 3.05) is 13.2 Å². The molecule has 4 fully saturated rings. The Morgan fingerprint density at radius 3 is 1.84 bits per heavy atom. The van der Waals surface area contributed by atoms with E-state index in [0.29, 0.717) is 19.3 Å². The summed E-state index contributed by atoms with van der Waals surface area (Å²) in [4.78, 5) is 24.8. The SMILES string of the molecule is CCOC(=O)C(OCCC(F)(F)C(F)(F)S(=O)(=O)O)(OC(=O)OC12CC3CC(CC(C3)C1)C2)C(F)(F)F. The molecule has 4 bridgehead atoms. The zero-order chi connectivity index (χ0) is 28.1. The zero-order valence-corrected chi connectivity index (χ0v) is 20.2. The van der Waals surface area contributed by atoms with Crippen molar-refractivity contribution in [2.24, 2.45) is 17.8 Å². The fourth-order valence-corrected chi connectivity index (χ4v) is 6.22. The van der Waals surface area contributed by atoms with Crippen molar-refractivity contribution < 1.29 is 72.2 Å². The van der Waals surface area contributed by atoms with E-state index < -0.39 is 70.6 Å². The summed E-state index contributed by atoms with van der Waals surface area (Å²) in [6.07, 6.45) is -6.75. The monoisotopic (exact) mass is 574 g/mol. The molecule has 0 saturated heterocycles. The van der Waals surface area contributed by atoms with E-state index in [2.05, 4.69) is 14.2 Å². The lowest BCUT2D eigenvalue weighted by Gasteiger charge is -2.55. The number of ether oxygens (including phenoxy) is 4. The molecule has 1 atom stereocenters. The van der Waals surface area contributed by atoms with E-state index in [1.807, 2.05) is 0 Å². The van der Waals surface area contributed by atoms with E-state index in [1.165, 1.54) is 0 Å². The molecule has 0 aromatic heterocycles. The van der Waals surface area contributed by atoms with Gasteiger partial charge in [-0.25, -0.2) is 9.59 Å². The van der Waals surface area contributed by atoms with Crippen LogP contribution in [0.1, 0.15) is 51.9 Å². The van der Waals surface area contributed by atoms with Gasteiger partial charge in [0.05, 0.1) is 13.2 Å². The van der Waals surface area contributed by atoms with Crippen molar-refractivity contribution in [1.29, 1.82) is 0 Å². The molecule has 4 aliphatic carbocycles. The third-order valence-corrected chi connectivity index (χ3v) is 7.84. The predicted molar refractivity (Wildman–Crippen MR) is 106 cm³/mol. The molecule has 0 aromatic rings. The lowest BCUT2D eigenvalue weighted by molar-refractivity contribution is -0.358. The highest BCUT2D eigenvalue weighted by Gasteiger charge is 2.70. The minimum Gasteiger partial charge on any atom is -0.461 e. The number of alkyl halides is 7. The largest absolute Gasteiger partial charge is 0.512 e. The first-order valence-electron chi connectivity index (χ1n) is 11.3. The van der Waals surface area contributed by atoms with Crippen LogP contribution in [0.25, 0.3) is 0 Å². The molecule has 0 spiro atoms. The van der Waals surface area contributed by atoms with Gasteiger partial charge in [-0.1, -0.05) is 0 Å². The summed E-state index contributed by atoms with van der Waals surface area (Å²) < 4.78 is 144. The lowest BCUT2D eigenvalue weighted by atomic mass is 9.54. The molecule has 0 aliphatic heterocycles. The van der Waals surface area contributed by atoms with Crippen LogP contribution in [0, 0.1) is 17.8 Å². The van der Waals surface area contributed by atoms with Crippen LogP contribution >= 0.6 is 0 Å². The summed E-state index contributed by atoms with van der Waals surface area (Å²) in [6.45, 7) is -1.74. The third kappa shape index (κ3) is 5.62. The van der Waals surface area contributed by atoms with Crippen LogP contribution in [0.4, 0.5) is 35.5 Å². The number of halogens is 7. The second kappa shape index (κ2) is 9.70. The normalized spacial score (nSPS) is 29.5. The molecule has 17 heteroatoms. The van der Waals surface area contributed by atoms with Gasteiger partial charge in [0.2, 0.25) is 0 Å². The van der Waals surface area contributed by atoms with Crippen molar-refractivity contribution in [3.63, 3.8) is 0 Å². The Morgan fingerprint density at radius 2 is 1.43 bits per heavy atom. The average molecular weight is 574 g/mol. The fraction of sp³-hybridized carbons (Fsp3) is 0.900. The Kier molecular flexibility index (Phi) is 7.78. The van der Waals surface area contributed by atoms with Crippen molar-refractivity contribution in [3.8, 4) is 0 Å². The Bertz CT molecular complexity index is 963. The molecule has 1 unspecified atom stereocenters. The summed E-state index contributed by atoms with van der Waals surface area (Å²) >= 11 is 0. The predicted octanol–water partition coefficient (Wildman–Crippen LogP) is 4.45. The second-order valence-corrected chi connectivity index (χ2v) is 11.1. The molecule has 0 heterocycles. The molecule has 0 aromatic carbocycles. The third-order valence-electron chi connectivity index (χ3n) is 6.90. The Morgan fingerprint density at radius 1 is 0.946 bits per heavy atom. The molecule has 0 radical (unpaired) electrons. The molecule has 214 valence electrons. The smallest absolute Gasteiger partial charge is 0.461 e. The number of rotatable bonds is 10. The quantitative estimate of drug-likeness (QED) is 0.174. The van der Waals surface area contributed by atoms with E-state index in [0.717, 1.165) is 26.2 Å². The van der Waals surface area contributed by atoms with Gasteiger partial charge in [-0.2, -0.15) is 39.2 Å². The van der Waals surface area contributed by atoms with Crippen molar-refractivity contribution in [2.45, 2.75) is 80.6 Å². The maximum atomic E-state index is 14.0. The molecule has 4 aliphatic rings. The van der Waals surface area contributed by atoms with Gasteiger partial charge in [-0.3, -0.25) is 4.55 Å². The first-order chi connectivity index (χ1) is 16.8. The van der Waals surface area contributed by atoms with E-state index in [-0.39, 0.29) is 17.8 Å². The van der Waals surface area contributed by atoms with Crippen LogP contribution in [-0.4, -0.2) is 67.1 Å². The minimum absolute atomic E-state index is 0.180. The van der Waals surface area contributed by atoms with Crippen molar-refractivity contribution >= 4 is 22.2 Å². The van der Waals surface area contributed by atoms with Gasteiger partial charge in [0, 0.05) is 6.42 Å². The van der Waals surface area contributed by atoms with Crippen molar-refractivity contribution in [1.82, 2.24) is 0 Å². The number of carbonyl (C=O) groups excluding carboxylic acids is 2. The molecular formula is C20H25F7O9S. The van der Waals surface area contributed by atoms with Crippen LogP contribution in [0.3, 0.4) is 0 Å². The molecule has 1 N–H and O–H groups in total. The first-order valence-corrected chi connectivity index (χ1v) is 12.7. The van der Waals surface area contributed by atoms with Gasteiger partial charge in [-0.15, -0.1) is 0 Å². The highest BCUT2D eigenvalue weighted by molar-refractivity contribution is 7.87. The van der Waals surface area contributed by atoms with Crippen LogP contribution in [0.15, 0.2) is 0 Å². The summed E-state index contributed by atoms with van der Waals surface area (Å²) in [5.74, 6) is -12.2. The molecule has 4 rings (SSSR count). The van der Waals surface area contributed by atoms with Crippen molar-refractivity contribution in [3.05, 3.63) is 0 Å². The van der Waals surface area contributed by atoms with Gasteiger partial charge in [-0.05, 0) is 63.2 Å². The fourth-order valence-electron chi connectivity index (χ4n) is 5.74. The van der Waals surface area contributed by atoms with Gasteiger partial charge in [0.25, 0.3) is 0 Å². The summed E-state index contributed by atoms with van der Waals surface area (Å²) in [6, 6.07) is 0. The number of esters is 1. The van der Waals surface area contributed by atoms with Crippen LogP contribution in [0.2, 0.25) is 0 Å². The highest BCUT2D eigenvalue weighted by Crippen LogP contribution is 2.57. The standard InChI is InChI=1S/C20H25F7O9S/c1-2-33-14(28)18(19(23,24)25,34-4-3-17(21,22)20(26,27)37(30,31)32)36-15(29)35-16-8-11-5-12(9-16)7-13(6-11)10-16/h11-13H,2-10H2,1H3,(H,30,31,32). The first kappa shape index (κ1) is 29.7. The summed E-state index contributed by atoms with van der Waals surface area (Å²) in [7, 11) is -6.68. The summed E-state index contributed by atoms with van der Waals surface area (Å²) in [5, 5.41) is -6.10. The van der Waals surface area contributed by atoms with E-state index >= 15 is 0 Å². The van der Waals surface area contributed by atoms with Crippen LogP contribution in [0.5, 0.6) is 0 Å². The molecule has 37 heavy (non-hydrogen) atoms. The maximum Gasteiger partial charge on any atom is 0.512 e. The van der Waals surface area contributed by atoms with Crippen LogP contribution in [-0.2, 0) is 33.9 Å². The number of carbonyl (C=O) groups is 2. The van der Waals surface area contributed by atoms with Gasteiger partial charge < -0.3 is 18.9 Å². The van der Waals surface area contributed by atoms with Crippen LogP contribution < -0.4 is 0 Å². The topological polar surface area (TPSA) is 125 Å². The Hall–Kier alpha value is -1.88. The van der Waals surface area contributed by atoms with E-state index in [9.17, 15) is 48.7 Å². The second-order valence-electron chi connectivity index (χ2n) is 9.68. The molecule has 9 nitrogen and oxygen atoms in total. The number of hydrogen-bond acceptors (Lipinski definition) is 8. The summed E-state index contributed by atoms with van der Waals surface area (Å²) in [5.41, 5.74) is -1.15. The van der Waals surface area contributed by atoms with E-state index in [1.54, 1.807) is 0 Å². The number of hydrogen-bond donors (Lipinski definition) is 1. The molecular weight excluding hydrogens is 549 g/mol. The molecule has 4 saturated carbocycles. The maximum absolute atomic E-state index is 14.0. The lowest BCUT2D eigenvalue weighted by Crippen LogP contribution is -2.60. The van der Waals surface area contributed by atoms with Gasteiger partial charge in [0.1, 0.15) is 5.60 Å². The Balaban J connectivity index is 1.81. The average Bonchev–Trinajstić information content (AvgIpc) is 2.69. The minimum atomic E-state index is -6.68. The van der Waals surface area contributed by atoms with E-state index in [4.69, 9.17) is 9.29 Å². The zero-order valence-electron chi connectivity index (χ0n) is 19.4.